The molecule has 2 heteroatoms. The predicted octanol–water partition coefficient (Wildman–Crippen LogP) is 5.67. The van der Waals surface area contributed by atoms with Crippen LogP contribution >= 0.6 is 0 Å². The SMILES string of the molecule is COC(=O)C1=CC(c2ccc(C)cc2)=C2C1=C(C)CC2c1ccc(C)cc1. The summed E-state index contributed by atoms with van der Waals surface area (Å²) >= 11 is 0. The Bertz CT molecular complexity index is 999. The molecule has 0 aromatic heterocycles. The predicted molar refractivity (Wildman–Crippen MR) is 109 cm³/mol. The van der Waals surface area contributed by atoms with Gasteiger partial charge in [0.1, 0.15) is 0 Å². The van der Waals surface area contributed by atoms with Crippen LogP contribution in [0.1, 0.15) is 41.5 Å². The van der Waals surface area contributed by atoms with Crippen LogP contribution in [0.15, 0.2) is 76.9 Å². The summed E-state index contributed by atoms with van der Waals surface area (Å²) in [5, 5.41) is 0. The number of hydrogen-bond acceptors (Lipinski definition) is 2. The van der Waals surface area contributed by atoms with Crippen LogP contribution in [0.3, 0.4) is 0 Å². The molecule has 0 fully saturated rings. The van der Waals surface area contributed by atoms with Gasteiger partial charge >= 0.3 is 5.97 Å². The van der Waals surface area contributed by atoms with Gasteiger partial charge in [0.25, 0.3) is 0 Å². The lowest BCUT2D eigenvalue weighted by atomic mass is 9.87. The zero-order valence-electron chi connectivity index (χ0n) is 16.3. The molecule has 0 bridgehead atoms. The second kappa shape index (κ2) is 6.70. The van der Waals surface area contributed by atoms with E-state index in [1.165, 1.54) is 34.9 Å². The van der Waals surface area contributed by atoms with Crippen molar-refractivity contribution in [2.75, 3.05) is 7.11 Å². The largest absolute Gasteiger partial charge is 0.465 e. The lowest BCUT2D eigenvalue weighted by molar-refractivity contribution is -0.135. The molecule has 0 saturated carbocycles. The molecule has 136 valence electrons. The highest BCUT2D eigenvalue weighted by atomic mass is 16.5. The first-order valence-electron chi connectivity index (χ1n) is 9.38. The van der Waals surface area contributed by atoms with Crippen molar-refractivity contribution < 1.29 is 9.53 Å². The standard InChI is InChI=1S/C25H24O2/c1-15-5-9-18(10-6-15)20-13-17(3)23-22(25(26)27-4)14-21(24(20)23)19-11-7-16(2)8-12-19/h5-12,14,20H,13H2,1-4H3. The molecule has 0 spiro atoms. The zero-order valence-corrected chi connectivity index (χ0v) is 16.3. The number of hydrogen-bond donors (Lipinski definition) is 0. The van der Waals surface area contributed by atoms with Gasteiger partial charge in [0.2, 0.25) is 0 Å². The molecule has 27 heavy (non-hydrogen) atoms. The van der Waals surface area contributed by atoms with E-state index in [-0.39, 0.29) is 11.9 Å². The monoisotopic (exact) mass is 356 g/mol. The van der Waals surface area contributed by atoms with Gasteiger partial charge in [-0.25, -0.2) is 4.79 Å². The van der Waals surface area contributed by atoms with E-state index in [1.54, 1.807) is 0 Å². The van der Waals surface area contributed by atoms with Crippen LogP contribution in [0.4, 0.5) is 0 Å². The maximum atomic E-state index is 12.5. The van der Waals surface area contributed by atoms with Crippen LogP contribution in [0, 0.1) is 13.8 Å². The summed E-state index contributed by atoms with van der Waals surface area (Å²) in [5.74, 6) is 0.0174. The van der Waals surface area contributed by atoms with Crippen molar-refractivity contribution in [2.24, 2.45) is 0 Å². The first-order chi connectivity index (χ1) is 13.0. The van der Waals surface area contributed by atoms with Crippen LogP contribution in [-0.4, -0.2) is 13.1 Å². The average Bonchev–Trinajstić information content (AvgIpc) is 3.22. The maximum absolute atomic E-state index is 12.5. The van der Waals surface area contributed by atoms with Crippen molar-refractivity contribution in [1.29, 1.82) is 0 Å². The van der Waals surface area contributed by atoms with Crippen LogP contribution < -0.4 is 0 Å². The summed E-state index contributed by atoms with van der Waals surface area (Å²) in [5.41, 5.74) is 10.4. The Kier molecular flexibility index (Phi) is 4.35. The lowest BCUT2D eigenvalue weighted by Gasteiger charge is -2.16. The smallest absolute Gasteiger partial charge is 0.338 e. The zero-order chi connectivity index (χ0) is 19.1. The van der Waals surface area contributed by atoms with E-state index in [1.807, 2.05) is 6.08 Å². The van der Waals surface area contributed by atoms with E-state index in [0.717, 1.165) is 23.1 Å². The minimum absolute atomic E-state index is 0.256. The van der Waals surface area contributed by atoms with E-state index in [0.29, 0.717) is 5.57 Å². The van der Waals surface area contributed by atoms with E-state index < -0.39 is 0 Å². The maximum Gasteiger partial charge on any atom is 0.338 e. The Morgan fingerprint density at radius 3 is 2.11 bits per heavy atom. The highest BCUT2D eigenvalue weighted by Crippen LogP contribution is 2.53. The molecule has 0 radical (unpaired) electrons. The molecule has 0 N–H and O–H groups in total. The van der Waals surface area contributed by atoms with Crippen molar-refractivity contribution >= 4 is 11.5 Å². The normalized spacial score (nSPS) is 18.7. The molecule has 2 aliphatic rings. The van der Waals surface area contributed by atoms with Crippen molar-refractivity contribution in [1.82, 2.24) is 0 Å². The fraction of sp³-hybridized carbons (Fsp3) is 0.240. The third kappa shape index (κ3) is 2.95. The molecular formula is C25H24O2. The molecular weight excluding hydrogens is 332 g/mol. The fourth-order valence-corrected chi connectivity index (χ4v) is 4.23. The third-order valence-electron chi connectivity index (χ3n) is 5.65. The first-order valence-corrected chi connectivity index (χ1v) is 9.38. The summed E-state index contributed by atoms with van der Waals surface area (Å²) in [6.07, 6.45) is 2.96. The highest BCUT2D eigenvalue weighted by Gasteiger charge is 2.38. The van der Waals surface area contributed by atoms with Crippen molar-refractivity contribution in [3.05, 3.63) is 99.2 Å². The first kappa shape index (κ1) is 17.5. The Hall–Kier alpha value is -2.87. The molecule has 0 amide bonds. The minimum atomic E-state index is -0.256. The van der Waals surface area contributed by atoms with Gasteiger partial charge in [0.15, 0.2) is 0 Å². The van der Waals surface area contributed by atoms with Crippen LogP contribution in [0.25, 0.3) is 5.57 Å². The highest BCUT2D eigenvalue weighted by molar-refractivity contribution is 6.05. The van der Waals surface area contributed by atoms with E-state index >= 15 is 0 Å². The number of carbonyl (C=O) groups excluding carboxylic acids is 1. The summed E-state index contributed by atoms with van der Waals surface area (Å²) in [6, 6.07) is 17.3. The van der Waals surface area contributed by atoms with Crippen molar-refractivity contribution in [2.45, 2.75) is 33.1 Å². The second-order valence-corrected chi connectivity index (χ2v) is 7.57. The molecule has 1 unspecified atom stereocenters. The number of esters is 1. The van der Waals surface area contributed by atoms with Crippen LogP contribution in [0.2, 0.25) is 0 Å². The van der Waals surface area contributed by atoms with E-state index in [2.05, 4.69) is 69.3 Å². The number of allylic oxidation sites excluding steroid dienone is 4. The minimum Gasteiger partial charge on any atom is -0.465 e. The Morgan fingerprint density at radius 1 is 0.926 bits per heavy atom. The summed E-state index contributed by atoms with van der Waals surface area (Å²) < 4.78 is 5.08. The number of carbonyl (C=O) groups is 1. The Morgan fingerprint density at radius 2 is 1.52 bits per heavy atom. The number of methoxy groups -OCH3 is 1. The van der Waals surface area contributed by atoms with E-state index in [9.17, 15) is 4.79 Å². The average molecular weight is 356 g/mol. The van der Waals surface area contributed by atoms with Gasteiger partial charge in [-0.2, -0.15) is 0 Å². The van der Waals surface area contributed by atoms with Gasteiger partial charge in [-0.05, 0) is 61.1 Å². The molecule has 2 aromatic carbocycles. The van der Waals surface area contributed by atoms with Gasteiger partial charge in [0.05, 0.1) is 12.7 Å². The lowest BCUT2D eigenvalue weighted by Crippen LogP contribution is -2.06. The number of aryl methyl sites for hydroxylation is 2. The molecule has 0 saturated heterocycles. The van der Waals surface area contributed by atoms with Crippen LogP contribution in [0.5, 0.6) is 0 Å². The van der Waals surface area contributed by atoms with Crippen molar-refractivity contribution in [3.8, 4) is 0 Å². The van der Waals surface area contributed by atoms with Crippen molar-refractivity contribution in [3.63, 3.8) is 0 Å². The van der Waals surface area contributed by atoms with Gasteiger partial charge in [-0.15, -0.1) is 0 Å². The number of fused-ring (bicyclic) bond motifs is 1. The summed E-state index contributed by atoms with van der Waals surface area (Å²) in [4.78, 5) is 12.5. The van der Waals surface area contributed by atoms with Crippen LogP contribution in [-0.2, 0) is 9.53 Å². The van der Waals surface area contributed by atoms with E-state index in [4.69, 9.17) is 4.74 Å². The number of ether oxygens (including phenoxy) is 1. The van der Waals surface area contributed by atoms with Gasteiger partial charge < -0.3 is 4.74 Å². The number of benzene rings is 2. The quantitative estimate of drug-likeness (QED) is 0.662. The molecule has 2 nitrogen and oxygen atoms in total. The molecule has 0 aliphatic heterocycles. The summed E-state index contributed by atoms with van der Waals surface area (Å²) in [7, 11) is 1.45. The van der Waals surface area contributed by atoms with Gasteiger partial charge in [-0.1, -0.05) is 65.2 Å². The molecule has 1 atom stereocenters. The second-order valence-electron chi connectivity index (χ2n) is 7.57. The Labute approximate surface area is 160 Å². The molecule has 2 aliphatic carbocycles. The van der Waals surface area contributed by atoms with Gasteiger partial charge in [0, 0.05) is 5.92 Å². The van der Waals surface area contributed by atoms with Gasteiger partial charge in [-0.3, -0.25) is 0 Å². The molecule has 4 rings (SSSR count). The fourth-order valence-electron chi connectivity index (χ4n) is 4.23. The third-order valence-corrected chi connectivity index (χ3v) is 5.65. The number of rotatable bonds is 3. The topological polar surface area (TPSA) is 26.3 Å². The Balaban J connectivity index is 1.89. The molecule has 2 aromatic rings. The summed E-state index contributed by atoms with van der Waals surface area (Å²) in [6.45, 7) is 6.33. The molecule has 0 heterocycles.